The van der Waals surface area contributed by atoms with Crippen molar-refractivity contribution in [1.82, 2.24) is 5.32 Å². The molecule has 2 rings (SSSR count). The highest BCUT2D eigenvalue weighted by atomic mass is 16.4. The van der Waals surface area contributed by atoms with Crippen LogP contribution in [-0.2, 0) is 4.79 Å². The summed E-state index contributed by atoms with van der Waals surface area (Å²) < 4.78 is 0. The maximum Gasteiger partial charge on any atom is 0.337 e. The second kappa shape index (κ2) is 4.63. The third-order valence-corrected chi connectivity index (χ3v) is 3.75. The number of nitrogens with zero attached hydrogens (tertiary/aromatic N) is 1. The fraction of sp³-hybridized carbons (Fsp3) is 0.357. The molecular formula is C14H16N2O4. The smallest absolute Gasteiger partial charge is 0.337 e. The van der Waals surface area contributed by atoms with Gasteiger partial charge in [-0.05, 0) is 25.0 Å². The zero-order valence-electron chi connectivity index (χ0n) is 11.5. The van der Waals surface area contributed by atoms with Crippen LogP contribution < -0.4 is 10.2 Å². The molecule has 1 atom stereocenters. The van der Waals surface area contributed by atoms with Gasteiger partial charge in [0.15, 0.2) is 0 Å². The van der Waals surface area contributed by atoms with Gasteiger partial charge < -0.3 is 10.4 Å². The molecule has 0 radical (unpaired) electrons. The highest BCUT2D eigenvalue weighted by Gasteiger charge is 2.50. The summed E-state index contributed by atoms with van der Waals surface area (Å²) in [5.41, 5.74) is -1.02. The Morgan fingerprint density at radius 1 is 1.30 bits per heavy atom. The van der Waals surface area contributed by atoms with Crippen molar-refractivity contribution in [2.45, 2.75) is 26.3 Å². The molecule has 1 heterocycles. The average Bonchev–Trinajstić information content (AvgIpc) is 2.61. The highest BCUT2D eigenvalue weighted by molar-refractivity contribution is 6.24. The molecule has 1 fully saturated rings. The molecule has 0 saturated carbocycles. The zero-order valence-corrected chi connectivity index (χ0v) is 11.5. The topological polar surface area (TPSA) is 86.7 Å². The van der Waals surface area contributed by atoms with Gasteiger partial charge in [-0.2, -0.15) is 0 Å². The third-order valence-electron chi connectivity index (χ3n) is 3.75. The first-order valence-electron chi connectivity index (χ1n) is 6.28. The zero-order chi connectivity index (χ0) is 15.1. The molecule has 3 amide bonds. The van der Waals surface area contributed by atoms with Crippen molar-refractivity contribution < 1.29 is 19.5 Å². The first-order valence-corrected chi connectivity index (χ1v) is 6.28. The molecule has 0 aromatic heterocycles. The summed E-state index contributed by atoms with van der Waals surface area (Å²) in [7, 11) is 0. The van der Waals surface area contributed by atoms with Gasteiger partial charge in [-0.1, -0.05) is 26.0 Å². The predicted molar refractivity (Wildman–Crippen MR) is 72.7 cm³/mol. The molecule has 20 heavy (non-hydrogen) atoms. The number of para-hydroxylation sites is 1. The minimum absolute atomic E-state index is 0.0796. The molecule has 1 saturated heterocycles. The lowest BCUT2D eigenvalue weighted by molar-refractivity contribution is -0.122. The second-order valence-electron chi connectivity index (χ2n) is 5.25. The summed E-state index contributed by atoms with van der Waals surface area (Å²) in [4.78, 5) is 36.7. The van der Waals surface area contributed by atoms with Crippen molar-refractivity contribution in [3.05, 3.63) is 29.8 Å². The summed E-state index contributed by atoms with van der Waals surface area (Å²) in [5.74, 6) is -1.73. The number of carboxylic acids is 1. The van der Waals surface area contributed by atoms with Crippen LogP contribution in [0.2, 0.25) is 0 Å². The lowest BCUT2D eigenvalue weighted by Gasteiger charge is -2.25. The first kappa shape index (κ1) is 14.0. The number of hydrogen-bond donors (Lipinski definition) is 2. The second-order valence-corrected chi connectivity index (χ2v) is 5.25. The van der Waals surface area contributed by atoms with Gasteiger partial charge in [0.25, 0.3) is 5.91 Å². The number of amides is 3. The Balaban J connectivity index is 2.52. The van der Waals surface area contributed by atoms with Crippen LogP contribution in [0.1, 0.15) is 31.1 Å². The summed E-state index contributed by atoms with van der Waals surface area (Å²) in [6.45, 7) is 5.29. The molecule has 1 unspecified atom stereocenters. The van der Waals surface area contributed by atoms with E-state index >= 15 is 0 Å². The molecule has 1 aliphatic heterocycles. The molecule has 6 nitrogen and oxygen atoms in total. The molecule has 0 spiro atoms. The Hall–Kier alpha value is -2.37. The van der Waals surface area contributed by atoms with E-state index in [0.717, 1.165) is 4.90 Å². The summed E-state index contributed by atoms with van der Waals surface area (Å²) >= 11 is 0. The summed E-state index contributed by atoms with van der Waals surface area (Å²) in [6.07, 6.45) is 0. The van der Waals surface area contributed by atoms with E-state index in [0.29, 0.717) is 0 Å². The fourth-order valence-electron chi connectivity index (χ4n) is 2.12. The quantitative estimate of drug-likeness (QED) is 0.825. The van der Waals surface area contributed by atoms with Gasteiger partial charge >= 0.3 is 12.0 Å². The van der Waals surface area contributed by atoms with Crippen molar-refractivity contribution in [3.63, 3.8) is 0 Å². The van der Waals surface area contributed by atoms with Crippen molar-refractivity contribution in [2.24, 2.45) is 5.92 Å². The van der Waals surface area contributed by atoms with E-state index in [1.807, 2.05) is 13.8 Å². The van der Waals surface area contributed by atoms with Gasteiger partial charge in [0.05, 0.1) is 11.3 Å². The Bertz CT molecular complexity index is 597. The minimum atomic E-state index is -1.18. The third kappa shape index (κ3) is 1.93. The molecule has 1 aromatic carbocycles. The van der Waals surface area contributed by atoms with Crippen LogP contribution >= 0.6 is 0 Å². The number of carbonyl (C=O) groups excluding carboxylic acids is 2. The Kier molecular flexibility index (Phi) is 3.25. The van der Waals surface area contributed by atoms with Crippen LogP contribution in [0.4, 0.5) is 10.5 Å². The van der Waals surface area contributed by atoms with E-state index < -0.39 is 23.4 Å². The summed E-state index contributed by atoms with van der Waals surface area (Å²) in [6, 6.07) is 5.36. The highest BCUT2D eigenvalue weighted by Crippen LogP contribution is 2.31. The Labute approximate surface area is 116 Å². The number of nitrogens with one attached hydrogen (secondary N) is 1. The van der Waals surface area contributed by atoms with Gasteiger partial charge in [0.2, 0.25) is 0 Å². The van der Waals surface area contributed by atoms with Crippen LogP contribution in [-0.4, -0.2) is 28.6 Å². The number of anilines is 1. The molecule has 2 N–H and O–H groups in total. The number of aromatic carboxylic acids is 1. The van der Waals surface area contributed by atoms with E-state index in [1.165, 1.54) is 12.1 Å². The number of imide groups is 1. The SMILES string of the molecule is CC(C)C1(C)NC(=O)N(c2ccccc2C(=O)O)C1=O. The molecule has 106 valence electrons. The normalized spacial score (nSPS) is 22.3. The fourth-order valence-corrected chi connectivity index (χ4v) is 2.12. The lowest BCUT2D eigenvalue weighted by atomic mass is 9.88. The molecule has 6 heteroatoms. The van der Waals surface area contributed by atoms with Crippen molar-refractivity contribution in [1.29, 1.82) is 0 Å². The maximum absolute atomic E-state index is 12.5. The van der Waals surface area contributed by atoms with Crippen LogP contribution in [0.25, 0.3) is 0 Å². The molecule has 0 bridgehead atoms. The van der Waals surface area contributed by atoms with Crippen LogP contribution in [0, 0.1) is 5.92 Å². The number of carbonyl (C=O) groups is 3. The standard InChI is InChI=1S/C14H16N2O4/c1-8(2)14(3)12(19)16(13(20)15-14)10-7-5-4-6-9(10)11(17)18/h4-8H,1-3H3,(H,15,20)(H,17,18). The van der Waals surface area contributed by atoms with Crippen molar-refractivity contribution in [2.75, 3.05) is 4.90 Å². The summed E-state index contributed by atoms with van der Waals surface area (Å²) in [5, 5.41) is 11.8. The van der Waals surface area contributed by atoms with Crippen molar-refractivity contribution in [3.8, 4) is 0 Å². The maximum atomic E-state index is 12.5. The van der Waals surface area contributed by atoms with Crippen molar-refractivity contribution >= 4 is 23.6 Å². The van der Waals surface area contributed by atoms with E-state index in [4.69, 9.17) is 5.11 Å². The van der Waals surface area contributed by atoms with Gasteiger partial charge in [-0.15, -0.1) is 0 Å². The van der Waals surface area contributed by atoms with Gasteiger partial charge in [0, 0.05) is 0 Å². The minimum Gasteiger partial charge on any atom is -0.478 e. The van der Waals surface area contributed by atoms with E-state index in [1.54, 1.807) is 19.1 Å². The van der Waals surface area contributed by atoms with Crippen LogP contribution in [0.3, 0.4) is 0 Å². The number of hydrogen-bond acceptors (Lipinski definition) is 3. The average molecular weight is 276 g/mol. The lowest BCUT2D eigenvalue weighted by Crippen LogP contribution is -2.48. The molecule has 1 aliphatic rings. The van der Waals surface area contributed by atoms with Gasteiger partial charge in [0.1, 0.15) is 5.54 Å². The Morgan fingerprint density at radius 3 is 2.40 bits per heavy atom. The van der Waals surface area contributed by atoms with Crippen LogP contribution in [0.5, 0.6) is 0 Å². The monoisotopic (exact) mass is 276 g/mol. The Morgan fingerprint density at radius 2 is 1.90 bits per heavy atom. The van der Waals surface area contributed by atoms with E-state index in [9.17, 15) is 14.4 Å². The molecule has 1 aromatic rings. The molecule has 0 aliphatic carbocycles. The van der Waals surface area contributed by atoms with Crippen LogP contribution in [0.15, 0.2) is 24.3 Å². The first-order chi connectivity index (χ1) is 9.29. The van der Waals surface area contributed by atoms with E-state index in [-0.39, 0.29) is 17.2 Å². The number of urea groups is 1. The number of carboxylic acid groups (broad SMARTS) is 1. The predicted octanol–water partition coefficient (Wildman–Crippen LogP) is 1.86. The largest absolute Gasteiger partial charge is 0.478 e. The molecular weight excluding hydrogens is 260 g/mol. The van der Waals surface area contributed by atoms with Gasteiger partial charge in [-0.25, -0.2) is 14.5 Å². The van der Waals surface area contributed by atoms with Gasteiger partial charge in [-0.3, -0.25) is 4.79 Å². The number of benzene rings is 1. The number of rotatable bonds is 3. The van der Waals surface area contributed by atoms with E-state index in [2.05, 4.69) is 5.32 Å².